The van der Waals surface area contributed by atoms with Gasteiger partial charge in [-0.1, -0.05) is 6.07 Å². The fraction of sp³-hybridized carbons (Fsp3) is 0.462. The molecule has 1 atom stereocenters. The summed E-state index contributed by atoms with van der Waals surface area (Å²) in [7, 11) is 1.50. The Bertz CT molecular complexity index is 410. The molecule has 1 rings (SSSR count). The zero-order valence-corrected chi connectivity index (χ0v) is 10.9. The summed E-state index contributed by atoms with van der Waals surface area (Å²) in [6, 6.07) is 4.67. The highest BCUT2D eigenvalue weighted by Gasteiger charge is 2.10. The number of hydrogen-bond acceptors (Lipinski definition) is 3. The minimum atomic E-state index is -0.297. The first-order valence-corrected chi connectivity index (χ1v) is 5.86. The maximum atomic E-state index is 13.7. The minimum absolute atomic E-state index is 0.0694. The van der Waals surface area contributed by atoms with Crippen molar-refractivity contribution in [3.05, 3.63) is 29.6 Å². The van der Waals surface area contributed by atoms with Crippen LogP contribution in [0.1, 0.15) is 25.5 Å². The van der Waals surface area contributed by atoms with Gasteiger partial charge in [-0.3, -0.25) is 4.79 Å². The molecule has 0 aliphatic heterocycles. The van der Waals surface area contributed by atoms with Crippen molar-refractivity contribution in [1.29, 1.82) is 0 Å². The van der Waals surface area contributed by atoms with E-state index in [9.17, 15) is 9.18 Å². The van der Waals surface area contributed by atoms with E-state index in [2.05, 4.69) is 10.6 Å². The van der Waals surface area contributed by atoms with Gasteiger partial charge in [0.25, 0.3) is 0 Å². The molecule has 18 heavy (non-hydrogen) atoms. The van der Waals surface area contributed by atoms with Crippen molar-refractivity contribution in [2.75, 3.05) is 20.2 Å². The molecule has 0 heterocycles. The van der Waals surface area contributed by atoms with Gasteiger partial charge in [-0.15, -0.1) is 0 Å². The molecule has 1 unspecified atom stereocenters. The standard InChI is InChI=1S/C13H19FN2O2/c1-9(15-6-7-16-10(2)17)12-5-4-11(18-3)8-13(12)14/h4-5,8-9,15H,6-7H2,1-3H3,(H,16,17). The van der Waals surface area contributed by atoms with Gasteiger partial charge in [0, 0.05) is 37.7 Å². The minimum Gasteiger partial charge on any atom is -0.497 e. The Kier molecular flexibility index (Phi) is 5.58. The van der Waals surface area contributed by atoms with Gasteiger partial charge in [-0.25, -0.2) is 4.39 Å². The lowest BCUT2D eigenvalue weighted by atomic mass is 10.1. The summed E-state index contributed by atoms with van der Waals surface area (Å²) in [5, 5.41) is 5.81. The van der Waals surface area contributed by atoms with Crippen LogP contribution in [-0.4, -0.2) is 26.1 Å². The van der Waals surface area contributed by atoms with Crippen molar-refractivity contribution in [1.82, 2.24) is 10.6 Å². The first-order chi connectivity index (χ1) is 8.54. The van der Waals surface area contributed by atoms with Gasteiger partial charge >= 0.3 is 0 Å². The van der Waals surface area contributed by atoms with Gasteiger partial charge in [0.1, 0.15) is 11.6 Å². The fourth-order valence-corrected chi connectivity index (χ4v) is 1.62. The molecule has 2 N–H and O–H groups in total. The van der Waals surface area contributed by atoms with Crippen molar-refractivity contribution >= 4 is 5.91 Å². The number of nitrogens with one attached hydrogen (secondary N) is 2. The Morgan fingerprint density at radius 2 is 2.17 bits per heavy atom. The van der Waals surface area contributed by atoms with Gasteiger partial charge in [-0.05, 0) is 13.0 Å². The molecule has 0 aliphatic rings. The predicted molar refractivity (Wildman–Crippen MR) is 68.1 cm³/mol. The molecule has 100 valence electrons. The summed E-state index contributed by atoms with van der Waals surface area (Å²) in [6.07, 6.45) is 0. The quantitative estimate of drug-likeness (QED) is 0.758. The Morgan fingerprint density at radius 1 is 1.44 bits per heavy atom. The van der Waals surface area contributed by atoms with Crippen molar-refractivity contribution in [3.63, 3.8) is 0 Å². The van der Waals surface area contributed by atoms with Crippen molar-refractivity contribution in [2.45, 2.75) is 19.9 Å². The van der Waals surface area contributed by atoms with E-state index in [4.69, 9.17) is 4.74 Å². The van der Waals surface area contributed by atoms with Gasteiger partial charge < -0.3 is 15.4 Å². The van der Waals surface area contributed by atoms with Crippen LogP contribution in [0.4, 0.5) is 4.39 Å². The van der Waals surface area contributed by atoms with Crippen LogP contribution in [0.2, 0.25) is 0 Å². The van der Waals surface area contributed by atoms with Crippen molar-refractivity contribution in [2.24, 2.45) is 0 Å². The van der Waals surface area contributed by atoms with E-state index >= 15 is 0 Å². The monoisotopic (exact) mass is 254 g/mol. The van der Waals surface area contributed by atoms with E-state index in [1.807, 2.05) is 6.92 Å². The maximum absolute atomic E-state index is 13.7. The number of hydrogen-bond donors (Lipinski definition) is 2. The zero-order valence-electron chi connectivity index (χ0n) is 10.9. The SMILES string of the molecule is COc1ccc(C(C)NCCNC(C)=O)c(F)c1. The van der Waals surface area contributed by atoms with E-state index in [0.717, 1.165) is 0 Å². The molecule has 1 aromatic rings. The number of rotatable bonds is 6. The molecule has 0 saturated heterocycles. The summed E-state index contributed by atoms with van der Waals surface area (Å²) < 4.78 is 18.7. The zero-order chi connectivity index (χ0) is 13.5. The lowest BCUT2D eigenvalue weighted by Crippen LogP contribution is -2.31. The Balaban J connectivity index is 2.50. The second kappa shape index (κ2) is 6.96. The molecule has 0 bridgehead atoms. The summed E-state index contributed by atoms with van der Waals surface area (Å²) >= 11 is 0. The highest BCUT2D eigenvalue weighted by atomic mass is 19.1. The molecule has 5 heteroatoms. The third-order valence-electron chi connectivity index (χ3n) is 2.62. The van der Waals surface area contributed by atoms with Crippen LogP contribution in [-0.2, 0) is 4.79 Å². The molecule has 0 fully saturated rings. The molecular formula is C13H19FN2O2. The summed E-state index contributed by atoms with van der Waals surface area (Å²) in [5.74, 6) is 0.135. The van der Waals surface area contributed by atoms with Gasteiger partial charge in [0.05, 0.1) is 7.11 Å². The highest BCUT2D eigenvalue weighted by molar-refractivity contribution is 5.72. The number of amides is 1. The van der Waals surface area contributed by atoms with Crippen LogP contribution >= 0.6 is 0 Å². The molecule has 0 aliphatic carbocycles. The van der Waals surface area contributed by atoms with Crippen molar-refractivity contribution in [3.8, 4) is 5.75 Å². The van der Waals surface area contributed by atoms with Crippen LogP contribution in [0, 0.1) is 5.82 Å². The third-order valence-corrected chi connectivity index (χ3v) is 2.62. The highest BCUT2D eigenvalue weighted by Crippen LogP contribution is 2.21. The normalized spacial score (nSPS) is 12.0. The Hall–Kier alpha value is -1.62. The topological polar surface area (TPSA) is 50.4 Å². The fourth-order valence-electron chi connectivity index (χ4n) is 1.62. The first kappa shape index (κ1) is 14.4. The van der Waals surface area contributed by atoms with Crippen LogP contribution in [0.25, 0.3) is 0 Å². The molecule has 1 amide bonds. The summed E-state index contributed by atoms with van der Waals surface area (Å²) in [6.45, 7) is 4.45. The van der Waals surface area contributed by atoms with E-state index in [0.29, 0.717) is 24.4 Å². The Morgan fingerprint density at radius 3 is 2.72 bits per heavy atom. The van der Waals surface area contributed by atoms with E-state index in [-0.39, 0.29) is 17.8 Å². The lowest BCUT2D eigenvalue weighted by Gasteiger charge is -2.15. The largest absolute Gasteiger partial charge is 0.497 e. The summed E-state index contributed by atoms with van der Waals surface area (Å²) in [5.41, 5.74) is 0.582. The molecular weight excluding hydrogens is 235 g/mol. The van der Waals surface area contributed by atoms with E-state index in [1.54, 1.807) is 12.1 Å². The number of carbonyl (C=O) groups excluding carboxylic acids is 1. The summed E-state index contributed by atoms with van der Waals surface area (Å²) in [4.78, 5) is 10.7. The molecule has 0 aromatic heterocycles. The smallest absolute Gasteiger partial charge is 0.216 e. The second-order valence-electron chi connectivity index (χ2n) is 4.05. The van der Waals surface area contributed by atoms with Crippen molar-refractivity contribution < 1.29 is 13.9 Å². The number of methoxy groups -OCH3 is 1. The molecule has 0 spiro atoms. The molecule has 1 aromatic carbocycles. The van der Waals surface area contributed by atoms with Crippen LogP contribution in [0.15, 0.2) is 18.2 Å². The number of benzene rings is 1. The second-order valence-corrected chi connectivity index (χ2v) is 4.05. The number of ether oxygens (including phenoxy) is 1. The average Bonchev–Trinajstić information content (AvgIpc) is 2.33. The van der Waals surface area contributed by atoms with Crippen LogP contribution < -0.4 is 15.4 Å². The Labute approximate surface area is 107 Å². The number of carbonyl (C=O) groups is 1. The third kappa shape index (κ3) is 4.33. The van der Waals surface area contributed by atoms with E-state index in [1.165, 1.54) is 20.1 Å². The molecule has 0 saturated carbocycles. The van der Waals surface area contributed by atoms with Gasteiger partial charge in [-0.2, -0.15) is 0 Å². The van der Waals surface area contributed by atoms with Gasteiger partial charge in [0.15, 0.2) is 0 Å². The molecule has 0 radical (unpaired) electrons. The van der Waals surface area contributed by atoms with Gasteiger partial charge in [0.2, 0.25) is 5.91 Å². The molecule has 4 nitrogen and oxygen atoms in total. The predicted octanol–water partition coefficient (Wildman–Crippen LogP) is 1.62. The lowest BCUT2D eigenvalue weighted by molar-refractivity contribution is -0.118. The van der Waals surface area contributed by atoms with Crippen LogP contribution in [0.5, 0.6) is 5.75 Å². The average molecular weight is 254 g/mol. The van der Waals surface area contributed by atoms with Crippen LogP contribution in [0.3, 0.4) is 0 Å². The van der Waals surface area contributed by atoms with E-state index < -0.39 is 0 Å². The number of halogens is 1. The maximum Gasteiger partial charge on any atom is 0.216 e. The first-order valence-electron chi connectivity index (χ1n) is 5.86.